The lowest BCUT2D eigenvalue weighted by molar-refractivity contribution is -0.131. The van der Waals surface area contributed by atoms with Crippen molar-refractivity contribution in [3.8, 4) is 6.07 Å². The second-order valence-electron chi connectivity index (χ2n) is 4.93. The van der Waals surface area contributed by atoms with E-state index >= 15 is 0 Å². The van der Waals surface area contributed by atoms with Crippen molar-refractivity contribution in [1.82, 2.24) is 10.2 Å². The van der Waals surface area contributed by atoms with Crippen LogP contribution in [0.3, 0.4) is 0 Å². The molecule has 0 spiro atoms. The molecule has 1 aromatic carbocycles. The number of hydrogen-bond donors (Lipinski definition) is 1. The van der Waals surface area contributed by atoms with Gasteiger partial charge in [0.2, 0.25) is 0 Å². The Bertz CT molecular complexity index is 623. The first-order valence-electron chi connectivity index (χ1n) is 6.24. The molecule has 1 N–H and O–H groups in total. The average molecular weight is 275 g/mol. The molecule has 6 heteroatoms. The van der Waals surface area contributed by atoms with Crippen molar-refractivity contribution in [2.75, 3.05) is 0 Å². The summed E-state index contributed by atoms with van der Waals surface area (Å²) in [6, 6.07) is 5.22. The van der Waals surface area contributed by atoms with Crippen LogP contribution in [0.25, 0.3) is 0 Å². The molecule has 1 aromatic rings. The minimum absolute atomic E-state index is 0.0230. The van der Waals surface area contributed by atoms with Gasteiger partial charge in [0.1, 0.15) is 17.4 Å². The van der Waals surface area contributed by atoms with Crippen molar-refractivity contribution in [2.45, 2.75) is 32.4 Å². The lowest BCUT2D eigenvalue weighted by atomic mass is 9.99. The first kappa shape index (κ1) is 14.0. The number of nitriles is 1. The number of hydrogen-bond acceptors (Lipinski definition) is 3. The van der Waals surface area contributed by atoms with E-state index in [4.69, 9.17) is 5.26 Å². The van der Waals surface area contributed by atoms with Crippen molar-refractivity contribution < 1.29 is 14.0 Å². The second kappa shape index (κ2) is 4.93. The summed E-state index contributed by atoms with van der Waals surface area (Å²) in [7, 11) is 0. The molecule has 1 aliphatic heterocycles. The number of urea groups is 1. The largest absolute Gasteiger partial charge is 0.325 e. The first-order valence-corrected chi connectivity index (χ1v) is 6.24. The fourth-order valence-corrected chi connectivity index (χ4v) is 2.07. The normalized spacial score (nSPS) is 21.8. The number of amides is 3. The number of nitrogens with zero attached hydrogens (tertiary/aromatic N) is 2. The van der Waals surface area contributed by atoms with Crippen molar-refractivity contribution in [3.05, 3.63) is 35.1 Å². The molecule has 1 heterocycles. The molecule has 1 fully saturated rings. The quantitative estimate of drug-likeness (QED) is 0.856. The van der Waals surface area contributed by atoms with Crippen LogP contribution < -0.4 is 5.32 Å². The maximum absolute atomic E-state index is 13.2. The molecule has 3 amide bonds. The summed E-state index contributed by atoms with van der Waals surface area (Å²) in [6.45, 7) is 3.50. The molecule has 1 atom stereocenters. The number of carbonyl (C=O) groups excluding carboxylic acids is 2. The summed E-state index contributed by atoms with van der Waals surface area (Å²) in [5.41, 5.74) is -0.463. The molecule has 2 rings (SSSR count). The number of benzene rings is 1. The molecule has 0 bridgehead atoms. The molecule has 104 valence electrons. The highest BCUT2D eigenvalue weighted by molar-refractivity contribution is 6.06. The van der Waals surface area contributed by atoms with E-state index in [0.717, 1.165) is 11.0 Å². The Morgan fingerprint density at radius 1 is 1.45 bits per heavy atom. The zero-order valence-electron chi connectivity index (χ0n) is 11.2. The van der Waals surface area contributed by atoms with Gasteiger partial charge in [-0.05, 0) is 31.0 Å². The van der Waals surface area contributed by atoms with E-state index in [1.165, 1.54) is 12.1 Å². The minimum Gasteiger partial charge on any atom is -0.323 e. The predicted molar refractivity (Wildman–Crippen MR) is 68.9 cm³/mol. The highest BCUT2D eigenvalue weighted by Crippen LogP contribution is 2.23. The third-order valence-electron chi connectivity index (χ3n) is 3.54. The van der Waals surface area contributed by atoms with E-state index in [-0.39, 0.29) is 18.0 Å². The van der Waals surface area contributed by atoms with E-state index < -0.39 is 17.4 Å². The second-order valence-corrected chi connectivity index (χ2v) is 4.93. The molecule has 5 nitrogen and oxygen atoms in total. The highest BCUT2D eigenvalue weighted by Gasteiger charge is 2.46. The molecule has 1 aliphatic rings. The van der Waals surface area contributed by atoms with Crippen LogP contribution in [0.1, 0.15) is 31.4 Å². The molecular formula is C14H14FN3O2. The molecule has 1 saturated heterocycles. The smallest absolute Gasteiger partial charge is 0.323 e. The zero-order chi connectivity index (χ0) is 14.9. The van der Waals surface area contributed by atoms with Crippen LogP contribution >= 0.6 is 0 Å². The standard InChI is InChI=1S/C14H14FN3O2/c1-3-14(2)12(19)18(13(20)17-14)8-9-4-5-11(15)10(6-9)7-16/h4-6H,3,8H2,1-2H3,(H,17,20). The third-order valence-corrected chi connectivity index (χ3v) is 3.54. The Morgan fingerprint density at radius 2 is 2.15 bits per heavy atom. The van der Waals surface area contributed by atoms with Gasteiger partial charge >= 0.3 is 6.03 Å². The molecule has 0 aliphatic carbocycles. The van der Waals surface area contributed by atoms with Crippen LogP contribution in [0.5, 0.6) is 0 Å². The van der Waals surface area contributed by atoms with Gasteiger partial charge in [-0.15, -0.1) is 0 Å². The summed E-state index contributed by atoms with van der Waals surface area (Å²) >= 11 is 0. The number of carbonyl (C=O) groups is 2. The van der Waals surface area contributed by atoms with Gasteiger partial charge in [0.25, 0.3) is 5.91 Å². The van der Waals surface area contributed by atoms with E-state index in [9.17, 15) is 14.0 Å². The Morgan fingerprint density at radius 3 is 2.70 bits per heavy atom. The van der Waals surface area contributed by atoms with Crippen LogP contribution in [0.2, 0.25) is 0 Å². The van der Waals surface area contributed by atoms with E-state index in [0.29, 0.717) is 12.0 Å². The lowest BCUT2D eigenvalue weighted by Gasteiger charge is -2.19. The van der Waals surface area contributed by atoms with Gasteiger partial charge in [-0.3, -0.25) is 9.69 Å². The molecular weight excluding hydrogens is 261 g/mol. The van der Waals surface area contributed by atoms with Gasteiger partial charge in [-0.25, -0.2) is 9.18 Å². The van der Waals surface area contributed by atoms with Crippen LogP contribution in [-0.2, 0) is 11.3 Å². The number of nitrogens with one attached hydrogen (secondary N) is 1. The molecule has 20 heavy (non-hydrogen) atoms. The Hall–Kier alpha value is -2.42. The maximum atomic E-state index is 13.2. The van der Waals surface area contributed by atoms with Gasteiger partial charge in [0, 0.05) is 0 Å². The molecule has 0 radical (unpaired) electrons. The van der Waals surface area contributed by atoms with Crippen molar-refractivity contribution in [1.29, 1.82) is 5.26 Å². The summed E-state index contributed by atoms with van der Waals surface area (Å²) < 4.78 is 13.2. The maximum Gasteiger partial charge on any atom is 0.325 e. The third kappa shape index (κ3) is 2.23. The van der Waals surface area contributed by atoms with Crippen LogP contribution in [-0.4, -0.2) is 22.4 Å². The first-order chi connectivity index (χ1) is 9.41. The van der Waals surface area contributed by atoms with E-state index in [2.05, 4.69) is 5.32 Å². The molecule has 1 unspecified atom stereocenters. The van der Waals surface area contributed by atoms with Gasteiger partial charge < -0.3 is 5.32 Å². The number of halogens is 1. The predicted octanol–water partition coefficient (Wildman–Crippen LogP) is 1.92. The molecule has 0 aromatic heterocycles. The van der Waals surface area contributed by atoms with Gasteiger partial charge in [0.15, 0.2) is 0 Å². The number of rotatable bonds is 3. The Kier molecular flexibility index (Phi) is 3.45. The van der Waals surface area contributed by atoms with Crippen molar-refractivity contribution >= 4 is 11.9 Å². The summed E-state index contributed by atoms with van der Waals surface area (Å²) in [4.78, 5) is 25.1. The van der Waals surface area contributed by atoms with Gasteiger partial charge in [-0.1, -0.05) is 13.0 Å². The number of imide groups is 1. The van der Waals surface area contributed by atoms with Crippen LogP contribution in [0.4, 0.5) is 9.18 Å². The van der Waals surface area contributed by atoms with E-state index in [1.807, 2.05) is 6.92 Å². The average Bonchev–Trinajstić information content (AvgIpc) is 2.65. The Labute approximate surface area is 116 Å². The van der Waals surface area contributed by atoms with E-state index in [1.54, 1.807) is 13.0 Å². The van der Waals surface area contributed by atoms with Crippen molar-refractivity contribution in [3.63, 3.8) is 0 Å². The summed E-state index contributed by atoms with van der Waals surface area (Å²) in [5.74, 6) is -0.931. The van der Waals surface area contributed by atoms with Gasteiger partial charge in [-0.2, -0.15) is 5.26 Å². The summed E-state index contributed by atoms with van der Waals surface area (Å²) in [5, 5.41) is 11.4. The molecule has 0 saturated carbocycles. The summed E-state index contributed by atoms with van der Waals surface area (Å²) in [6.07, 6.45) is 0.487. The minimum atomic E-state index is -0.894. The Balaban J connectivity index is 2.25. The topological polar surface area (TPSA) is 73.2 Å². The fourth-order valence-electron chi connectivity index (χ4n) is 2.07. The fraction of sp³-hybridized carbons (Fsp3) is 0.357. The van der Waals surface area contributed by atoms with Crippen LogP contribution in [0.15, 0.2) is 18.2 Å². The monoisotopic (exact) mass is 275 g/mol. The zero-order valence-corrected chi connectivity index (χ0v) is 11.2. The SMILES string of the molecule is CCC1(C)NC(=O)N(Cc2ccc(F)c(C#N)c2)C1=O. The van der Waals surface area contributed by atoms with Crippen LogP contribution in [0, 0.1) is 17.1 Å². The highest BCUT2D eigenvalue weighted by atomic mass is 19.1. The lowest BCUT2D eigenvalue weighted by Crippen LogP contribution is -2.43. The van der Waals surface area contributed by atoms with Crippen molar-refractivity contribution in [2.24, 2.45) is 0 Å². The van der Waals surface area contributed by atoms with Gasteiger partial charge in [0.05, 0.1) is 12.1 Å².